The van der Waals surface area contributed by atoms with Gasteiger partial charge in [-0.1, -0.05) is 23.7 Å². The summed E-state index contributed by atoms with van der Waals surface area (Å²) in [6.45, 7) is 5.95. The van der Waals surface area contributed by atoms with Gasteiger partial charge in [0.1, 0.15) is 0 Å². The summed E-state index contributed by atoms with van der Waals surface area (Å²) in [5.74, 6) is 0. The van der Waals surface area contributed by atoms with Crippen molar-refractivity contribution in [3.8, 4) is 0 Å². The lowest BCUT2D eigenvalue weighted by Gasteiger charge is -2.32. The molecule has 0 aliphatic rings. The molecule has 0 aliphatic carbocycles. The first-order chi connectivity index (χ1) is 7.43. The summed E-state index contributed by atoms with van der Waals surface area (Å²) in [5, 5.41) is 10.3. The molecule has 90 valence electrons. The van der Waals surface area contributed by atoms with Crippen LogP contribution in [0.1, 0.15) is 32.4 Å². The molecule has 1 N–H and O–H groups in total. The molecule has 1 rings (SSSR count). The van der Waals surface area contributed by atoms with Crippen LogP contribution in [-0.2, 0) is 0 Å². The Bertz CT molecular complexity index is 340. The number of aliphatic hydroxyl groups excluding tert-OH is 1. The van der Waals surface area contributed by atoms with Crippen molar-refractivity contribution in [2.45, 2.75) is 39.0 Å². The van der Waals surface area contributed by atoms with Crippen LogP contribution in [0.4, 0.5) is 0 Å². The van der Waals surface area contributed by atoms with Gasteiger partial charge in [-0.3, -0.25) is 4.90 Å². The molecule has 3 atom stereocenters. The Morgan fingerprint density at radius 1 is 1.25 bits per heavy atom. The van der Waals surface area contributed by atoms with Gasteiger partial charge in [0, 0.05) is 17.1 Å². The van der Waals surface area contributed by atoms with Gasteiger partial charge in [0.05, 0.1) is 6.10 Å². The van der Waals surface area contributed by atoms with E-state index in [0.717, 1.165) is 5.02 Å². The van der Waals surface area contributed by atoms with E-state index >= 15 is 0 Å². The Morgan fingerprint density at radius 3 is 2.38 bits per heavy atom. The molecule has 1 aromatic carbocycles. The summed E-state index contributed by atoms with van der Waals surface area (Å²) in [5.41, 5.74) is 1.17. The number of aliphatic hydroxyl groups is 1. The Hall–Kier alpha value is -0.570. The topological polar surface area (TPSA) is 23.5 Å². The number of likely N-dealkylation sites (N-methyl/N-ethyl adjacent to an activating group) is 1. The maximum Gasteiger partial charge on any atom is 0.0664 e. The van der Waals surface area contributed by atoms with Gasteiger partial charge in [0.15, 0.2) is 0 Å². The fourth-order valence-corrected chi connectivity index (χ4v) is 1.89. The van der Waals surface area contributed by atoms with Gasteiger partial charge in [0.2, 0.25) is 0 Å². The minimum Gasteiger partial charge on any atom is -0.392 e. The Labute approximate surface area is 103 Å². The summed E-state index contributed by atoms with van der Waals surface area (Å²) >= 11 is 5.97. The quantitative estimate of drug-likeness (QED) is 0.876. The van der Waals surface area contributed by atoms with E-state index in [4.69, 9.17) is 11.6 Å². The van der Waals surface area contributed by atoms with Crippen LogP contribution in [0.15, 0.2) is 24.3 Å². The smallest absolute Gasteiger partial charge is 0.0664 e. The van der Waals surface area contributed by atoms with E-state index in [2.05, 4.69) is 17.9 Å². The summed E-state index contributed by atoms with van der Waals surface area (Å²) in [6.07, 6.45) is -0.341. The van der Waals surface area contributed by atoms with Crippen LogP contribution < -0.4 is 0 Å². The van der Waals surface area contributed by atoms with Gasteiger partial charge in [-0.15, -0.1) is 0 Å². The molecule has 0 aromatic heterocycles. The molecule has 0 saturated heterocycles. The number of hydrogen-bond donors (Lipinski definition) is 1. The van der Waals surface area contributed by atoms with Crippen LogP contribution >= 0.6 is 11.6 Å². The highest BCUT2D eigenvalue weighted by Gasteiger charge is 2.20. The second kappa shape index (κ2) is 5.67. The van der Waals surface area contributed by atoms with Gasteiger partial charge in [-0.25, -0.2) is 0 Å². The van der Waals surface area contributed by atoms with Crippen LogP contribution in [0, 0.1) is 0 Å². The number of rotatable bonds is 4. The molecule has 0 heterocycles. The molecule has 16 heavy (non-hydrogen) atoms. The van der Waals surface area contributed by atoms with Crippen molar-refractivity contribution in [2.75, 3.05) is 7.05 Å². The predicted molar refractivity (Wildman–Crippen MR) is 68.8 cm³/mol. The molecule has 3 unspecified atom stereocenters. The average molecular weight is 242 g/mol. The molecular formula is C13H20ClNO. The summed E-state index contributed by atoms with van der Waals surface area (Å²) in [6, 6.07) is 8.21. The van der Waals surface area contributed by atoms with Gasteiger partial charge in [0.25, 0.3) is 0 Å². The minimum absolute atomic E-state index is 0.119. The molecule has 1 aromatic rings. The van der Waals surface area contributed by atoms with E-state index in [0.29, 0.717) is 0 Å². The van der Waals surface area contributed by atoms with Crippen LogP contribution in [0.25, 0.3) is 0 Å². The Balaban J connectivity index is 2.81. The molecule has 0 bridgehead atoms. The minimum atomic E-state index is -0.341. The van der Waals surface area contributed by atoms with Crippen molar-refractivity contribution < 1.29 is 5.11 Å². The number of benzene rings is 1. The van der Waals surface area contributed by atoms with Crippen molar-refractivity contribution in [1.29, 1.82) is 0 Å². The first-order valence-corrected chi connectivity index (χ1v) is 5.96. The zero-order chi connectivity index (χ0) is 12.3. The van der Waals surface area contributed by atoms with Crippen molar-refractivity contribution in [3.05, 3.63) is 34.9 Å². The zero-order valence-corrected chi connectivity index (χ0v) is 11.1. The number of halogens is 1. The lowest BCUT2D eigenvalue weighted by atomic mass is 10.0. The van der Waals surface area contributed by atoms with E-state index in [-0.39, 0.29) is 18.2 Å². The fraction of sp³-hybridized carbons (Fsp3) is 0.538. The normalized spacial score (nSPS) is 17.2. The molecule has 0 saturated carbocycles. The summed E-state index contributed by atoms with van der Waals surface area (Å²) in [4.78, 5) is 2.15. The van der Waals surface area contributed by atoms with Crippen LogP contribution in [0.3, 0.4) is 0 Å². The molecule has 0 aliphatic heterocycles. The van der Waals surface area contributed by atoms with E-state index < -0.39 is 0 Å². The highest BCUT2D eigenvalue weighted by molar-refractivity contribution is 6.30. The first kappa shape index (κ1) is 13.5. The number of nitrogens with zero attached hydrogens (tertiary/aromatic N) is 1. The standard InChI is InChI=1S/C13H20ClNO/c1-9(11(3)16)15(4)10(2)12-6-5-7-13(14)8-12/h5-11,16H,1-4H3. The summed E-state index contributed by atoms with van der Waals surface area (Å²) in [7, 11) is 2.02. The molecule has 2 nitrogen and oxygen atoms in total. The molecule has 0 radical (unpaired) electrons. The van der Waals surface area contributed by atoms with Crippen LogP contribution in [-0.4, -0.2) is 29.2 Å². The van der Waals surface area contributed by atoms with Gasteiger partial charge in [-0.05, 0) is 45.5 Å². The third-order valence-corrected chi connectivity index (χ3v) is 3.52. The monoisotopic (exact) mass is 241 g/mol. The molecule has 0 fully saturated rings. The maximum absolute atomic E-state index is 9.57. The molecule has 0 spiro atoms. The Kier molecular flexibility index (Phi) is 4.78. The van der Waals surface area contributed by atoms with E-state index in [1.54, 1.807) is 0 Å². The van der Waals surface area contributed by atoms with Gasteiger partial charge in [-0.2, -0.15) is 0 Å². The third kappa shape index (κ3) is 3.21. The van der Waals surface area contributed by atoms with Gasteiger partial charge >= 0.3 is 0 Å². The zero-order valence-electron chi connectivity index (χ0n) is 10.3. The van der Waals surface area contributed by atoms with Crippen LogP contribution in [0.2, 0.25) is 5.02 Å². The second-order valence-electron chi connectivity index (χ2n) is 4.38. The SMILES string of the molecule is CC(O)C(C)N(C)C(C)c1cccc(Cl)c1. The van der Waals surface area contributed by atoms with Gasteiger partial charge < -0.3 is 5.11 Å². The maximum atomic E-state index is 9.57. The summed E-state index contributed by atoms with van der Waals surface area (Å²) < 4.78 is 0. The molecular weight excluding hydrogens is 222 g/mol. The van der Waals surface area contributed by atoms with Crippen molar-refractivity contribution in [3.63, 3.8) is 0 Å². The van der Waals surface area contributed by atoms with E-state index in [1.165, 1.54) is 5.56 Å². The van der Waals surface area contributed by atoms with Crippen molar-refractivity contribution in [2.24, 2.45) is 0 Å². The Morgan fingerprint density at radius 2 is 1.88 bits per heavy atom. The lowest BCUT2D eigenvalue weighted by Crippen LogP contribution is -2.38. The van der Waals surface area contributed by atoms with E-state index in [1.807, 2.05) is 39.1 Å². The largest absolute Gasteiger partial charge is 0.392 e. The van der Waals surface area contributed by atoms with Crippen molar-refractivity contribution >= 4 is 11.6 Å². The molecule has 3 heteroatoms. The van der Waals surface area contributed by atoms with E-state index in [9.17, 15) is 5.11 Å². The van der Waals surface area contributed by atoms with Crippen molar-refractivity contribution in [1.82, 2.24) is 4.90 Å². The number of hydrogen-bond acceptors (Lipinski definition) is 2. The third-order valence-electron chi connectivity index (χ3n) is 3.28. The lowest BCUT2D eigenvalue weighted by molar-refractivity contribution is 0.0656. The second-order valence-corrected chi connectivity index (χ2v) is 4.81. The fourth-order valence-electron chi connectivity index (χ4n) is 1.69. The first-order valence-electron chi connectivity index (χ1n) is 5.59. The van der Waals surface area contributed by atoms with Crippen LogP contribution in [0.5, 0.6) is 0 Å². The molecule has 0 amide bonds. The average Bonchev–Trinajstić information content (AvgIpc) is 2.26. The highest BCUT2D eigenvalue weighted by atomic mass is 35.5. The predicted octanol–water partition coefficient (Wildman–Crippen LogP) is 3.10. The highest BCUT2D eigenvalue weighted by Crippen LogP contribution is 2.24.